The smallest absolute Gasteiger partial charge is 0.337 e. The monoisotopic (exact) mass is 288 g/mol. The number of carboxylic acids is 1. The van der Waals surface area contributed by atoms with Gasteiger partial charge in [0.1, 0.15) is 11.5 Å². The second-order valence-corrected chi connectivity index (χ2v) is 4.30. The van der Waals surface area contributed by atoms with Gasteiger partial charge >= 0.3 is 5.97 Å². The first-order valence-corrected chi connectivity index (χ1v) is 6.49. The number of carbonyl (C=O) groups is 1. The molecule has 2 aromatic carbocycles. The molecule has 2 rings (SSSR count). The number of aliphatic hydroxyl groups excluding tert-OH is 1. The molecule has 2 aromatic rings. The number of aliphatic hydroxyl groups is 1. The van der Waals surface area contributed by atoms with Gasteiger partial charge in [-0.25, -0.2) is 4.79 Å². The Morgan fingerprint density at radius 3 is 2.43 bits per heavy atom. The predicted octanol–water partition coefficient (Wildman–Crippen LogP) is 2.61. The number of benzene rings is 2. The molecule has 0 saturated heterocycles. The van der Waals surface area contributed by atoms with E-state index in [9.17, 15) is 9.90 Å². The van der Waals surface area contributed by atoms with Crippen molar-refractivity contribution in [2.45, 2.75) is 6.10 Å². The van der Waals surface area contributed by atoms with E-state index in [1.54, 1.807) is 24.3 Å². The lowest BCUT2D eigenvalue weighted by Crippen LogP contribution is -2.17. The number of ether oxygens (including phenoxy) is 2. The zero-order chi connectivity index (χ0) is 15.1. The van der Waals surface area contributed by atoms with E-state index in [4.69, 9.17) is 14.6 Å². The van der Waals surface area contributed by atoms with Crippen molar-refractivity contribution in [1.29, 1.82) is 0 Å². The van der Waals surface area contributed by atoms with Crippen molar-refractivity contribution < 1.29 is 24.5 Å². The summed E-state index contributed by atoms with van der Waals surface area (Å²) < 4.78 is 10.8. The van der Waals surface area contributed by atoms with Gasteiger partial charge in [0.25, 0.3) is 0 Å². The van der Waals surface area contributed by atoms with E-state index >= 15 is 0 Å². The largest absolute Gasteiger partial charge is 0.479 e. The van der Waals surface area contributed by atoms with Crippen LogP contribution < -0.4 is 4.74 Å². The summed E-state index contributed by atoms with van der Waals surface area (Å²) in [6.45, 7) is -0.273. The highest BCUT2D eigenvalue weighted by Crippen LogP contribution is 2.26. The fourth-order valence-electron chi connectivity index (χ4n) is 1.85. The first-order chi connectivity index (χ1) is 10.2. The van der Waals surface area contributed by atoms with Gasteiger partial charge < -0.3 is 19.7 Å². The Hall–Kier alpha value is -2.37. The molecule has 0 amide bonds. The molecule has 0 aromatic heterocycles. The molecule has 110 valence electrons. The van der Waals surface area contributed by atoms with Gasteiger partial charge in [-0.3, -0.25) is 0 Å². The van der Waals surface area contributed by atoms with Gasteiger partial charge in [-0.2, -0.15) is 0 Å². The molecule has 0 fully saturated rings. The number of hydrogen-bond acceptors (Lipinski definition) is 4. The number of hydrogen-bond donors (Lipinski definition) is 2. The number of carboxylic acid groups (broad SMARTS) is 1. The molecule has 0 saturated carbocycles. The molecule has 1 unspecified atom stereocenters. The second-order valence-electron chi connectivity index (χ2n) is 4.30. The Kier molecular flexibility index (Phi) is 5.31. The number of rotatable bonds is 7. The van der Waals surface area contributed by atoms with Crippen LogP contribution in [-0.4, -0.2) is 29.4 Å². The fourth-order valence-corrected chi connectivity index (χ4v) is 1.85. The van der Waals surface area contributed by atoms with Gasteiger partial charge in [0, 0.05) is 0 Å². The maximum Gasteiger partial charge on any atom is 0.337 e. The third kappa shape index (κ3) is 4.30. The minimum absolute atomic E-state index is 0.0409. The third-order valence-corrected chi connectivity index (χ3v) is 2.74. The van der Waals surface area contributed by atoms with Crippen LogP contribution in [0.3, 0.4) is 0 Å². The summed E-state index contributed by atoms with van der Waals surface area (Å²) in [5, 5.41) is 17.9. The van der Waals surface area contributed by atoms with Crippen molar-refractivity contribution in [2.75, 3.05) is 13.2 Å². The Labute approximate surface area is 122 Å². The van der Waals surface area contributed by atoms with Crippen molar-refractivity contribution in [2.24, 2.45) is 0 Å². The normalized spacial score (nSPS) is 11.9. The van der Waals surface area contributed by atoms with Crippen molar-refractivity contribution in [3.8, 4) is 11.5 Å². The average molecular weight is 288 g/mol. The summed E-state index contributed by atoms with van der Waals surface area (Å²) in [5.41, 5.74) is 0.462. The molecule has 5 heteroatoms. The molecule has 2 N–H and O–H groups in total. The third-order valence-electron chi connectivity index (χ3n) is 2.74. The fraction of sp³-hybridized carbons (Fsp3) is 0.188. The lowest BCUT2D eigenvalue weighted by Gasteiger charge is -2.14. The maximum atomic E-state index is 11.2. The van der Waals surface area contributed by atoms with Gasteiger partial charge in [-0.1, -0.05) is 30.3 Å². The van der Waals surface area contributed by atoms with Crippen molar-refractivity contribution >= 4 is 5.97 Å². The second kappa shape index (κ2) is 7.42. The molecule has 1 atom stereocenters. The summed E-state index contributed by atoms with van der Waals surface area (Å²) >= 11 is 0. The number of para-hydroxylation sites is 1. The van der Waals surface area contributed by atoms with E-state index in [-0.39, 0.29) is 13.2 Å². The topological polar surface area (TPSA) is 76.0 Å². The zero-order valence-electron chi connectivity index (χ0n) is 11.3. The Morgan fingerprint density at radius 2 is 1.76 bits per heavy atom. The van der Waals surface area contributed by atoms with E-state index in [0.29, 0.717) is 17.1 Å². The van der Waals surface area contributed by atoms with Crippen LogP contribution in [0.5, 0.6) is 11.5 Å². The summed E-state index contributed by atoms with van der Waals surface area (Å²) in [7, 11) is 0. The highest BCUT2D eigenvalue weighted by Gasteiger charge is 2.20. The van der Waals surface area contributed by atoms with Crippen LogP contribution >= 0.6 is 0 Å². The van der Waals surface area contributed by atoms with Gasteiger partial charge in [-0.05, 0) is 29.8 Å². The molecular weight excluding hydrogens is 272 g/mol. The molecule has 0 spiro atoms. The quantitative estimate of drug-likeness (QED) is 0.819. The summed E-state index contributed by atoms with van der Waals surface area (Å²) in [4.78, 5) is 11.2. The molecule has 0 aliphatic rings. The first-order valence-electron chi connectivity index (χ1n) is 6.49. The van der Waals surface area contributed by atoms with Crippen LogP contribution in [0.4, 0.5) is 0 Å². The minimum atomic E-state index is -1.13. The molecule has 0 heterocycles. The summed E-state index contributed by atoms with van der Waals surface area (Å²) in [6, 6.07) is 15.9. The molecular formula is C16H16O5. The van der Waals surface area contributed by atoms with Crippen LogP contribution in [-0.2, 0) is 9.53 Å². The lowest BCUT2D eigenvalue weighted by atomic mass is 10.1. The Morgan fingerprint density at radius 1 is 1.05 bits per heavy atom. The first kappa shape index (κ1) is 15.0. The van der Waals surface area contributed by atoms with Crippen LogP contribution in [0, 0.1) is 0 Å². The van der Waals surface area contributed by atoms with E-state index in [2.05, 4.69) is 0 Å². The maximum absolute atomic E-state index is 11.2. The Bertz CT molecular complexity index is 582. The van der Waals surface area contributed by atoms with E-state index in [0.717, 1.165) is 0 Å². The lowest BCUT2D eigenvalue weighted by molar-refractivity contribution is -0.151. The van der Waals surface area contributed by atoms with Crippen LogP contribution in [0.2, 0.25) is 0 Å². The average Bonchev–Trinajstić information content (AvgIpc) is 2.49. The highest BCUT2D eigenvalue weighted by molar-refractivity contribution is 5.74. The molecule has 0 aliphatic heterocycles. The van der Waals surface area contributed by atoms with Gasteiger partial charge in [0.2, 0.25) is 0 Å². The molecule has 0 bridgehead atoms. The summed E-state index contributed by atoms with van der Waals surface area (Å²) in [6.07, 6.45) is -1.13. The highest BCUT2D eigenvalue weighted by atomic mass is 16.5. The van der Waals surface area contributed by atoms with Crippen LogP contribution in [0.1, 0.15) is 11.7 Å². The molecule has 5 nitrogen and oxygen atoms in total. The number of aliphatic carboxylic acids is 1. The van der Waals surface area contributed by atoms with Gasteiger partial charge in [0.15, 0.2) is 6.10 Å². The standard InChI is InChI=1S/C16H16O5/c17-9-10-20-15(16(18)19)12-5-4-8-14(11-12)21-13-6-2-1-3-7-13/h1-8,11,15,17H,9-10H2,(H,18,19). The molecule has 0 aliphatic carbocycles. The van der Waals surface area contributed by atoms with Gasteiger partial charge in [-0.15, -0.1) is 0 Å². The van der Waals surface area contributed by atoms with Crippen LogP contribution in [0.25, 0.3) is 0 Å². The molecule has 0 radical (unpaired) electrons. The van der Waals surface area contributed by atoms with E-state index < -0.39 is 12.1 Å². The SMILES string of the molecule is O=C(O)C(OCCO)c1cccc(Oc2ccccc2)c1. The van der Waals surface area contributed by atoms with E-state index in [1.807, 2.05) is 30.3 Å². The van der Waals surface area contributed by atoms with Crippen molar-refractivity contribution in [3.05, 3.63) is 60.2 Å². The Balaban J connectivity index is 2.17. The zero-order valence-corrected chi connectivity index (χ0v) is 11.3. The van der Waals surface area contributed by atoms with Crippen LogP contribution in [0.15, 0.2) is 54.6 Å². The minimum Gasteiger partial charge on any atom is -0.479 e. The predicted molar refractivity (Wildman–Crippen MR) is 76.4 cm³/mol. The van der Waals surface area contributed by atoms with Gasteiger partial charge in [0.05, 0.1) is 13.2 Å². The van der Waals surface area contributed by atoms with Crippen molar-refractivity contribution in [3.63, 3.8) is 0 Å². The van der Waals surface area contributed by atoms with Crippen molar-refractivity contribution in [1.82, 2.24) is 0 Å². The van der Waals surface area contributed by atoms with E-state index in [1.165, 1.54) is 0 Å². The molecule has 21 heavy (non-hydrogen) atoms. The summed E-state index contributed by atoms with van der Waals surface area (Å²) in [5.74, 6) is 0.0793.